The second-order valence-electron chi connectivity index (χ2n) is 6.64. The SMILES string of the molecule is Cc1cccc(NC2CCN(C(=O)CC3C=CCC3)CC2)c1. The van der Waals surface area contributed by atoms with Gasteiger partial charge in [0.05, 0.1) is 0 Å². The number of hydrogen-bond acceptors (Lipinski definition) is 2. The summed E-state index contributed by atoms with van der Waals surface area (Å²) in [6, 6.07) is 8.99. The maximum absolute atomic E-state index is 12.3. The Morgan fingerprint density at radius 1 is 1.27 bits per heavy atom. The molecule has 1 amide bonds. The zero-order chi connectivity index (χ0) is 15.4. The van der Waals surface area contributed by atoms with E-state index in [1.807, 2.05) is 0 Å². The molecule has 1 aromatic carbocycles. The van der Waals surface area contributed by atoms with Crippen LogP contribution in [-0.2, 0) is 4.79 Å². The van der Waals surface area contributed by atoms with Crippen molar-refractivity contribution in [3.05, 3.63) is 42.0 Å². The Kier molecular flexibility index (Phi) is 4.81. The molecule has 118 valence electrons. The number of nitrogens with one attached hydrogen (secondary N) is 1. The van der Waals surface area contributed by atoms with Gasteiger partial charge in [0, 0.05) is 31.2 Å². The van der Waals surface area contributed by atoms with E-state index in [0.29, 0.717) is 24.3 Å². The summed E-state index contributed by atoms with van der Waals surface area (Å²) in [6.07, 6.45) is 9.49. The molecule has 1 unspecified atom stereocenters. The lowest BCUT2D eigenvalue weighted by atomic mass is 10.0. The second kappa shape index (κ2) is 6.99. The average Bonchev–Trinajstić information content (AvgIpc) is 3.01. The quantitative estimate of drug-likeness (QED) is 0.859. The minimum Gasteiger partial charge on any atom is -0.382 e. The van der Waals surface area contributed by atoms with Crippen molar-refractivity contribution in [1.82, 2.24) is 4.90 Å². The summed E-state index contributed by atoms with van der Waals surface area (Å²) in [7, 11) is 0. The molecular weight excluding hydrogens is 272 g/mol. The van der Waals surface area contributed by atoms with Gasteiger partial charge < -0.3 is 10.2 Å². The first-order valence-corrected chi connectivity index (χ1v) is 8.48. The highest BCUT2D eigenvalue weighted by Crippen LogP contribution is 2.23. The molecular formula is C19H26N2O. The summed E-state index contributed by atoms with van der Waals surface area (Å²) in [6.45, 7) is 3.89. The van der Waals surface area contributed by atoms with Crippen molar-refractivity contribution >= 4 is 11.6 Å². The summed E-state index contributed by atoms with van der Waals surface area (Å²) < 4.78 is 0. The van der Waals surface area contributed by atoms with Crippen molar-refractivity contribution in [1.29, 1.82) is 0 Å². The number of anilines is 1. The summed E-state index contributed by atoms with van der Waals surface area (Å²) in [4.78, 5) is 14.4. The normalized spacial score (nSPS) is 22.0. The highest BCUT2D eigenvalue weighted by molar-refractivity contribution is 5.76. The molecule has 3 heteroatoms. The fourth-order valence-electron chi connectivity index (χ4n) is 3.46. The van der Waals surface area contributed by atoms with Gasteiger partial charge in [-0.25, -0.2) is 0 Å². The molecule has 0 radical (unpaired) electrons. The molecule has 0 spiro atoms. The van der Waals surface area contributed by atoms with Crippen LogP contribution in [0.15, 0.2) is 36.4 Å². The fraction of sp³-hybridized carbons (Fsp3) is 0.526. The maximum Gasteiger partial charge on any atom is 0.223 e. The number of rotatable bonds is 4. The van der Waals surface area contributed by atoms with Crippen molar-refractivity contribution in [2.75, 3.05) is 18.4 Å². The van der Waals surface area contributed by atoms with Crippen molar-refractivity contribution in [3.8, 4) is 0 Å². The third kappa shape index (κ3) is 3.90. The van der Waals surface area contributed by atoms with Gasteiger partial charge in [0.15, 0.2) is 0 Å². The van der Waals surface area contributed by atoms with Gasteiger partial charge in [-0.1, -0.05) is 24.3 Å². The first-order valence-electron chi connectivity index (χ1n) is 8.48. The third-order valence-electron chi connectivity index (χ3n) is 4.79. The number of carbonyl (C=O) groups is 1. The predicted molar refractivity (Wildman–Crippen MR) is 90.9 cm³/mol. The van der Waals surface area contributed by atoms with Gasteiger partial charge in [-0.05, 0) is 56.2 Å². The predicted octanol–water partition coefficient (Wildman–Crippen LogP) is 3.75. The van der Waals surface area contributed by atoms with E-state index in [4.69, 9.17) is 0 Å². The molecule has 1 atom stereocenters. The van der Waals surface area contributed by atoms with E-state index in [0.717, 1.165) is 38.8 Å². The Bertz CT molecular complexity index is 544. The standard InChI is InChI=1S/C19H26N2O/c1-15-5-4-8-18(13-15)20-17-9-11-21(12-10-17)19(22)14-16-6-2-3-7-16/h2,4-6,8,13,16-17,20H,3,7,9-12,14H2,1H3. The van der Waals surface area contributed by atoms with E-state index in [-0.39, 0.29) is 0 Å². The summed E-state index contributed by atoms with van der Waals surface area (Å²) >= 11 is 0. The van der Waals surface area contributed by atoms with Crippen LogP contribution in [0.1, 0.15) is 37.7 Å². The highest BCUT2D eigenvalue weighted by Gasteiger charge is 2.24. The molecule has 3 nitrogen and oxygen atoms in total. The molecule has 22 heavy (non-hydrogen) atoms. The summed E-state index contributed by atoms with van der Waals surface area (Å²) in [5.74, 6) is 0.821. The minimum absolute atomic E-state index is 0.338. The minimum atomic E-state index is 0.338. The van der Waals surface area contributed by atoms with Gasteiger partial charge >= 0.3 is 0 Å². The highest BCUT2D eigenvalue weighted by atomic mass is 16.2. The number of allylic oxidation sites excluding steroid dienone is 2. The third-order valence-corrected chi connectivity index (χ3v) is 4.79. The van der Waals surface area contributed by atoms with Crippen molar-refractivity contribution < 1.29 is 4.79 Å². The number of benzene rings is 1. The lowest BCUT2D eigenvalue weighted by Crippen LogP contribution is -2.42. The number of piperidine rings is 1. The van der Waals surface area contributed by atoms with Gasteiger partial charge in [0.2, 0.25) is 5.91 Å². The zero-order valence-corrected chi connectivity index (χ0v) is 13.4. The van der Waals surface area contributed by atoms with Crippen LogP contribution in [0.4, 0.5) is 5.69 Å². The molecule has 1 aromatic rings. The van der Waals surface area contributed by atoms with Crippen LogP contribution in [0.25, 0.3) is 0 Å². The Hall–Kier alpha value is -1.77. The van der Waals surface area contributed by atoms with Crippen LogP contribution < -0.4 is 5.32 Å². The van der Waals surface area contributed by atoms with Gasteiger partial charge in [-0.2, -0.15) is 0 Å². The van der Waals surface area contributed by atoms with E-state index < -0.39 is 0 Å². The lowest BCUT2D eigenvalue weighted by molar-refractivity contribution is -0.132. The first kappa shape index (κ1) is 15.1. The van der Waals surface area contributed by atoms with Crippen LogP contribution in [0.5, 0.6) is 0 Å². The molecule has 0 bridgehead atoms. The van der Waals surface area contributed by atoms with Gasteiger partial charge in [0.25, 0.3) is 0 Å². The van der Waals surface area contributed by atoms with E-state index in [2.05, 4.69) is 53.6 Å². The Morgan fingerprint density at radius 2 is 2.09 bits per heavy atom. The molecule has 1 aliphatic heterocycles. The number of hydrogen-bond donors (Lipinski definition) is 1. The topological polar surface area (TPSA) is 32.3 Å². The second-order valence-corrected chi connectivity index (χ2v) is 6.64. The van der Waals surface area contributed by atoms with Gasteiger partial charge in [0.1, 0.15) is 0 Å². The maximum atomic E-state index is 12.3. The van der Waals surface area contributed by atoms with E-state index in [1.165, 1.54) is 11.3 Å². The largest absolute Gasteiger partial charge is 0.382 e. The smallest absolute Gasteiger partial charge is 0.223 e. The molecule has 1 saturated heterocycles. The van der Waals surface area contributed by atoms with Crippen LogP contribution in [0, 0.1) is 12.8 Å². The molecule has 1 fully saturated rings. The lowest BCUT2D eigenvalue weighted by Gasteiger charge is -2.33. The molecule has 0 saturated carbocycles. The Morgan fingerprint density at radius 3 is 2.77 bits per heavy atom. The van der Waals surface area contributed by atoms with Gasteiger partial charge in [-0.3, -0.25) is 4.79 Å². The fourth-order valence-corrected chi connectivity index (χ4v) is 3.46. The van der Waals surface area contributed by atoms with Crippen LogP contribution >= 0.6 is 0 Å². The van der Waals surface area contributed by atoms with Gasteiger partial charge in [-0.15, -0.1) is 0 Å². The monoisotopic (exact) mass is 298 g/mol. The molecule has 2 aliphatic rings. The van der Waals surface area contributed by atoms with E-state index >= 15 is 0 Å². The number of aryl methyl sites for hydroxylation is 1. The molecule has 1 N–H and O–H groups in total. The number of nitrogens with zero attached hydrogens (tertiary/aromatic N) is 1. The Labute approximate surface area is 133 Å². The molecule has 0 aromatic heterocycles. The van der Waals surface area contributed by atoms with E-state index in [1.54, 1.807) is 0 Å². The van der Waals surface area contributed by atoms with Crippen molar-refractivity contribution in [2.24, 2.45) is 5.92 Å². The Balaban J connectivity index is 1.45. The zero-order valence-electron chi connectivity index (χ0n) is 13.4. The van der Waals surface area contributed by atoms with Crippen LogP contribution in [0.3, 0.4) is 0 Å². The summed E-state index contributed by atoms with van der Waals surface area (Å²) in [5, 5.41) is 3.61. The first-order chi connectivity index (χ1) is 10.7. The average molecular weight is 298 g/mol. The molecule has 3 rings (SSSR count). The summed E-state index contributed by atoms with van der Waals surface area (Å²) in [5.41, 5.74) is 2.48. The van der Waals surface area contributed by atoms with Crippen molar-refractivity contribution in [3.63, 3.8) is 0 Å². The van der Waals surface area contributed by atoms with Crippen LogP contribution in [0.2, 0.25) is 0 Å². The van der Waals surface area contributed by atoms with E-state index in [9.17, 15) is 4.79 Å². The number of likely N-dealkylation sites (tertiary alicyclic amines) is 1. The number of amides is 1. The molecule has 1 heterocycles. The molecule has 1 aliphatic carbocycles. The van der Waals surface area contributed by atoms with Crippen molar-refractivity contribution in [2.45, 2.75) is 45.1 Å². The number of carbonyl (C=O) groups excluding carboxylic acids is 1. The van der Waals surface area contributed by atoms with Crippen LogP contribution in [-0.4, -0.2) is 29.9 Å².